The quantitative estimate of drug-likeness (QED) is 0.648. The minimum atomic E-state index is -0.551. The summed E-state index contributed by atoms with van der Waals surface area (Å²) >= 11 is 3.15. The van der Waals surface area contributed by atoms with Crippen LogP contribution in [0.4, 0.5) is 5.69 Å². The van der Waals surface area contributed by atoms with Crippen LogP contribution in [0.2, 0.25) is 0 Å². The highest BCUT2D eigenvalue weighted by Gasteiger charge is 2.22. The van der Waals surface area contributed by atoms with E-state index in [0.29, 0.717) is 16.9 Å². The maximum Gasteiger partial charge on any atom is 0.283 e. The predicted octanol–water partition coefficient (Wildman–Crippen LogP) is 1.31. The van der Waals surface area contributed by atoms with Crippen LogP contribution in [0.1, 0.15) is 10.4 Å². The number of hydrogen-bond donors (Lipinski definition) is 2. The zero-order valence-corrected chi connectivity index (χ0v) is 11.1. The van der Waals surface area contributed by atoms with E-state index < -0.39 is 10.8 Å². The van der Waals surface area contributed by atoms with Gasteiger partial charge in [0.1, 0.15) is 5.56 Å². The van der Waals surface area contributed by atoms with Crippen molar-refractivity contribution in [1.29, 1.82) is 0 Å². The van der Waals surface area contributed by atoms with Gasteiger partial charge in [0.05, 0.1) is 4.92 Å². The van der Waals surface area contributed by atoms with Crippen molar-refractivity contribution in [3.8, 4) is 0 Å². The van der Waals surface area contributed by atoms with Crippen molar-refractivity contribution in [1.82, 2.24) is 10.6 Å². The van der Waals surface area contributed by atoms with E-state index in [9.17, 15) is 14.9 Å². The molecule has 0 saturated carbocycles. The smallest absolute Gasteiger partial charge is 0.283 e. The van der Waals surface area contributed by atoms with Gasteiger partial charge < -0.3 is 10.6 Å². The van der Waals surface area contributed by atoms with E-state index in [1.54, 1.807) is 6.07 Å². The normalized spacial score (nSPS) is 14.9. The molecule has 0 radical (unpaired) electrons. The Morgan fingerprint density at radius 2 is 2.28 bits per heavy atom. The van der Waals surface area contributed by atoms with Gasteiger partial charge in [0.25, 0.3) is 11.6 Å². The standard InChI is InChI=1S/C11H12BrN3O3/c12-8-1-2-9(10(3-8)15(17)18)11(16)14-6-7-4-13-5-7/h1-3,7,13H,4-6H2,(H,14,16). The van der Waals surface area contributed by atoms with E-state index in [1.165, 1.54) is 12.1 Å². The lowest BCUT2D eigenvalue weighted by molar-refractivity contribution is -0.385. The van der Waals surface area contributed by atoms with Crippen LogP contribution in [0, 0.1) is 16.0 Å². The number of nitrogens with one attached hydrogen (secondary N) is 2. The molecule has 1 fully saturated rings. The van der Waals surface area contributed by atoms with Crippen molar-refractivity contribution >= 4 is 27.5 Å². The summed E-state index contributed by atoms with van der Waals surface area (Å²) in [6, 6.07) is 4.41. The fraction of sp³-hybridized carbons (Fsp3) is 0.364. The van der Waals surface area contributed by atoms with Crippen molar-refractivity contribution in [3.63, 3.8) is 0 Å². The number of amides is 1. The molecule has 1 aliphatic rings. The summed E-state index contributed by atoms with van der Waals surface area (Å²) in [6.07, 6.45) is 0. The monoisotopic (exact) mass is 313 g/mol. The zero-order valence-electron chi connectivity index (χ0n) is 9.48. The number of nitrogens with zero attached hydrogens (tertiary/aromatic N) is 1. The van der Waals surface area contributed by atoms with Crippen molar-refractivity contribution in [2.75, 3.05) is 19.6 Å². The largest absolute Gasteiger partial charge is 0.351 e. The molecule has 1 aromatic rings. The SMILES string of the molecule is O=C(NCC1CNC1)c1ccc(Br)cc1[N+](=O)[O-]. The Bertz CT molecular complexity index is 488. The lowest BCUT2D eigenvalue weighted by atomic mass is 10.0. The van der Waals surface area contributed by atoms with Crippen LogP contribution in [0.3, 0.4) is 0 Å². The molecule has 1 aliphatic heterocycles. The predicted molar refractivity (Wildman–Crippen MR) is 69.5 cm³/mol. The minimum absolute atomic E-state index is 0.0930. The summed E-state index contributed by atoms with van der Waals surface area (Å²) < 4.78 is 0.578. The molecule has 1 heterocycles. The highest BCUT2D eigenvalue weighted by atomic mass is 79.9. The van der Waals surface area contributed by atoms with Gasteiger partial charge in [-0.1, -0.05) is 15.9 Å². The Morgan fingerprint density at radius 1 is 1.56 bits per heavy atom. The molecule has 0 bridgehead atoms. The molecule has 2 rings (SSSR count). The van der Waals surface area contributed by atoms with Crippen molar-refractivity contribution in [3.05, 3.63) is 38.3 Å². The molecule has 1 saturated heterocycles. The number of carbonyl (C=O) groups is 1. The molecule has 18 heavy (non-hydrogen) atoms. The van der Waals surface area contributed by atoms with Crippen molar-refractivity contribution < 1.29 is 9.72 Å². The molecule has 1 amide bonds. The van der Waals surface area contributed by atoms with Crippen LogP contribution in [0.5, 0.6) is 0 Å². The summed E-state index contributed by atoms with van der Waals surface area (Å²) in [4.78, 5) is 22.2. The van der Waals surface area contributed by atoms with Gasteiger partial charge in [0.15, 0.2) is 0 Å². The van der Waals surface area contributed by atoms with Crippen LogP contribution < -0.4 is 10.6 Å². The number of nitro benzene ring substituents is 1. The van der Waals surface area contributed by atoms with Gasteiger partial charge in [-0.15, -0.1) is 0 Å². The van der Waals surface area contributed by atoms with Crippen LogP contribution in [0.15, 0.2) is 22.7 Å². The van der Waals surface area contributed by atoms with Crippen molar-refractivity contribution in [2.45, 2.75) is 0 Å². The summed E-state index contributed by atoms with van der Waals surface area (Å²) in [5.74, 6) is 0.0181. The summed E-state index contributed by atoms with van der Waals surface area (Å²) in [5.41, 5.74) is -0.0934. The Balaban J connectivity index is 2.10. The molecule has 6 nitrogen and oxygen atoms in total. The number of hydrogen-bond acceptors (Lipinski definition) is 4. The van der Waals surface area contributed by atoms with Gasteiger partial charge in [-0.05, 0) is 12.1 Å². The number of nitro groups is 1. The molecular weight excluding hydrogens is 302 g/mol. The van der Waals surface area contributed by atoms with Crippen LogP contribution >= 0.6 is 15.9 Å². The molecule has 0 aromatic heterocycles. The molecule has 0 aliphatic carbocycles. The summed E-state index contributed by atoms with van der Waals surface area (Å²) in [7, 11) is 0. The Hall–Kier alpha value is -1.47. The van der Waals surface area contributed by atoms with E-state index in [0.717, 1.165) is 13.1 Å². The van der Waals surface area contributed by atoms with Crippen molar-refractivity contribution in [2.24, 2.45) is 5.92 Å². The fourth-order valence-corrected chi connectivity index (χ4v) is 2.02. The maximum atomic E-state index is 11.9. The third-order valence-corrected chi connectivity index (χ3v) is 3.31. The Labute approximate surface area is 112 Å². The van der Waals surface area contributed by atoms with Gasteiger partial charge in [-0.3, -0.25) is 14.9 Å². The molecule has 96 valence electrons. The van der Waals surface area contributed by atoms with Gasteiger partial charge in [-0.2, -0.15) is 0 Å². The van der Waals surface area contributed by atoms with Crippen LogP contribution in [0.25, 0.3) is 0 Å². The van der Waals surface area contributed by atoms with Gasteiger partial charge in [0.2, 0.25) is 0 Å². The first-order chi connectivity index (χ1) is 8.58. The second-order valence-corrected chi connectivity index (χ2v) is 5.07. The number of rotatable bonds is 4. The van der Waals surface area contributed by atoms with Gasteiger partial charge in [-0.25, -0.2) is 0 Å². The average molecular weight is 314 g/mol. The molecule has 0 spiro atoms. The number of halogens is 1. The molecule has 2 N–H and O–H groups in total. The molecule has 0 unspecified atom stereocenters. The lowest BCUT2D eigenvalue weighted by Crippen LogP contribution is -2.48. The molecule has 0 atom stereocenters. The van der Waals surface area contributed by atoms with Gasteiger partial charge in [0, 0.05) is 36.1 Å². The first-order valence-electron chi connectivity index (χ1n) is 5.51. The zero-order chi connectivity index (χ0) is 13.1. The van der Waals surface area contributed by atoms with E-state index in [2.05, 4.69) is 26.6 Å². The average Bonchev–Trinajstić information content (AvgIpc) is 2.26. The second-order valence-electron chi connectivity index (χ2n) is 4.15. The third-order valence-electron chi connectivity index (χ3n) is 2.82. The fourth-order valence-electron chi connectivity index (χ4n) is 1.67. The molecular formula is C11H12BrN3O3. The maximum absolute atomic E-state index is 11.9. The Morgan fingerprint density at radius 3 is 2.83 bits per heavy atom. The van der Waals surface area contributed by atoms with E-state index >= 15 is 0 Å². The lowest BCUT2D eigenvalue weighted by Gasteiger charge is -2.27. The molecule has 7 heteroatoms. The third kappa shape index (κ3) is 2.85. The highest BCUT2D eigenvalue weighted by Crippen LogP contribution is 2.23. The first-order valence-corrected chi connectivity index (χ1v) is 6.30. The molecule has 1 aromatic carbocycles. The number of carbonyl (C=O) groups excluding carboxylic acids is 1. The first kappa shape index (κ1) is 13.0. The summed E-state index contributed by atoms with van der Waals surface area (Å²) in [6.45, 7) is 2.30. The van der Waals surface area contributed by atoms with Crippen LogP contribution in [-0.4, -0.2) is 30.5 Å². The van der Waals surface area contributed by atoms with Gasteiger partial charge >= 0.3 is 0 Å². The Kier molecular flexibility index (Phi) is 3.93. The topological polar surface area (TPSA) is 84.3 Å². The van der Waals surface area contributed by atoms with Crippen LogP contribution in [-0.2, 0) is 0 Å². The van der Waals surface area contributed by atoms with E-state index in [1.807, 2.05) is 0 Å². The minimum Gasteiger partial charge on any atom is -0.351 e. The van der Waals surface area contributed by atoms with E-state index in [-0.39, 0.29) is 11.3 Å². The second kappa shape index (κ2) is 5.45. The highest BCUT2D eigenvalue weighted by molar-refractivity contribution is 9.10. The summed E-state index contributed by atoms with van der Waals surface area (Å²) in [5, 5.41) is 16.7. The number of benzene rings is 1. The van der Waals surface area contributed by atoms with E-state index in [4.69, 9.17) is 0 Å².